The first-order valence-corrected chi connectivity index (χ1v) is 4.68. The zero-order valence-corrected chi connectivity index (χ0v) is 8.14. The zero-order chi connectivity index (χ0) is 11.1. The molecule has 0 N–H and O–H groups in total. The van der Waals surface area contributed by atoms with E-state index in [-0.39, 0.29) is 5.82 Å². The summed E-state index contributed by atoms with van der Waals surface area (Å²) >= 11 is 0. The summed E-state index contributed by atoms with van der Waals surface area (Å²) in [5.41, 5.74) is -0.646. The van der Waals surface area contributed by atoms with Crippen molar-refractivity contribution >= 4 is 0 Å². The Kier molecular flexibility index (Phi) is 2.19. The molecule has 4 nitrogen and oxygen atoms in total. The van der Waals surface area contributed by atoms with Crippen molar-refractivity contribution in [3.8, 4) is 0 Å². The molecule has 0 amide bonds. The average molecular weight is 211 g/mol. The fraction of sp³-hybridized carbons (Fsp3) is 0.400. The van der Waals surface area contributed by atoms with Gasteiger partial charge in [-0.15, -0.1) is 0 Å². The van der Waals surface area contributed by atoms with Gasteiger partial charge in [0.25, 0.3) is 0 Å². The average Bonchev–Trinajstić information content (AvgIpc) is 2.95. The lowest BCUT2D eigenvalue weighted by atomic mass is 10.0. The molecule has 5 heteroatoms. The van der Waals surface area contributed by atoms with E-state index in [4.69, 9.17) is 4.74 Å². The largest absolute Gasteiger partial charge is 0.356 e. The molecule has 80 valence electrons. The van der Waals surface area contributed by atoms with E-state index in [9.17, 15) is 14.5 Å². The third-order valence-electron chi connectivity index (χ3n) is 2.66. The van der Waals surface area contributed by atoms with Gasteiger partial charge in [-0.1, -0.05) is 19.1 Å². The van der Waals surface area contributed by atoms with Crippen molar-refractivity contribution in [2.45, 2.75) is 25.2 Å². The molecule has 0 spiro atoms. The minimum Gasteiger partial charge on any atom is -0.294 e. The molecule has 2 unspecified atom stereocenters. The van der Waals surface area contributed by atoms with Crippen LogP contribution in [0.5, 0.6) is 0 Å². The lowest BCUT2D eigenvalue weighted by Crippen LogP contribution is -2.22. The van der Waals surface area contributed by atoms with Crippen molar-refractivity contribution in [1.29, 1.82) is 0 Å². The molecule has 1 fully saturated rings. The summed E-state index contributed by atoms with van der Waals surface area (Å²) < 4.78 is 17.7. The fourth-order valence-corrected chi connectivity index (χ4v) is 1.67. The van der Waals surface area contributed by atoms with Gasteiger partial charge in [-0.2, -0.15) is 0 Å². The summed E-state index contributed by atoms with van der Waals surface area (Å²) in [6, 6.07) is 5.58. The summed E-state index contributed by atoms with van der Waals surface area (Å²) in [5, 5.41) is 10.8. The third kappa shape index (κ3) is 1.48. The quantitative estimate of drug-likeness (QED) is 0.438. The molecule has 0 aromatic heterocycles. The number of nitro groups is 1. The van der Waals surface area contributed by atoms with Crippen molar-refractivity contribution in [2.75, 3.05) is 0 Å². The Labute approximate surface area is 85.8 Å². The maximum Gasteiger partial charge on any atom is 0.356 e. The molecule has 1 aliphatic rings. The predicted octanol–water partition coefficient (Wildman–Crippen LogP) is 2.28. The third-order valence-corrected chi connectivity index (χ3v) is 2.66. The van der Waals surface area contributed by atoms with E-state index in [2.05, 4.69) is 0 Å². The molecule has 0 bridgehead atoms. The summed E-state index contributed by atoms with van der Waals surface area (Å²) in [6.45, 7) is 1.70. The SMILES string of the molecule is CCC1([N+](=O)[O-])OC1c1ccc(F)cc1. The Hall–Kier alpha value is -1.49. The van der Waals surface area contributed by atoms with E-state index in [1.165, 1.54) is 24.3 Å². The van der Waals surface area contributed by atoms with Crippen LogP contribution in [0.15, 0.2) is 24.3 Å². The van der Waals surface area contributed by atoms with Gasteiger partial charge < -0.3 is 0 Å². The first-order chi connectivity index (χ1) is 7.10. The number of hydrogen-bond acceptors (Lipinski definition) is 3. The van der Waals surface area contributed by atoms with Gasteiger partial charge in [0.15, 0.2) is 6.10 Å². The highest BCUT2D eigenvalue weighted by molar-refractivity contribution is 5.24. The first kappa shape index (κ1) is 10.0. The molecule has 0 aliphatic carbocycles. The smallest absolute Gasteiger partial charge is 0.294 e. The van der Waals surface area contributed by atoms with Crippen LogP contribution in [0.25, 0.3) is 0 Å². The molecule has 2 atom stereocenters. The number of halogens is 1. The fourth-order valence-electron chi connectivity index (χ4n) is 1.67. The van der Waals surface area contributed by atoms with Crippen LogP contribution >= 0.6 is 0 Å². The van der Waals surface area contributed by atoms with E-state index in [1.54, 1.807) is 6.92 Å². The van der Waals surface area contributed by atoms with Gasteiger partial charge in [0, 0.05) is 6.42 Å². The molecular weight excluding hydrogens is 201 g/mol. The van der Waals surface area contributed by atoms with Crippen LogP contribution in [0.1, 0.15) is 25.0 Å². The first-order valence-electron chi connectivity index (χ1n) is 4.68. The van der Waals surface area contributed by atoms with E-state index in [0.29, 0.717) is 12.0 Å². The molecule has 2 rings (SSSR count). The highest BCUT2D eigenvalue weighted by atomic mass is 19.1. The number of nitrogens with zero attached hydrogens (tertiary/aromatic N) is 1. The number of benzene rings is 1. The topological polar surface area (TPSA) is 55.7 Å². The van der Waals surface area contributed by atoms with E-state index in [1.807, 2.05) is 0 Å². The van der Waals surface area contributed by atoms with Gasteiger partial charge >= 0.3 is 5.72 Å². The lowest BCUT2D eigenvalue weighted by molar-refractivity contribution is -0.564. The lowest BCUT2D eigenvalue weighted by Gasteiger charge is -2.00. The Morgan fingerprint density at radius 3 is 2.53 bits per heavy atom. The maximum atomic E-state index is 12.6. The second-order valence-corrected chi connectivity index (χ2v) is 3.50. The molecule has 15 heavy (non-hydrogen) atoms. The Bertz CT molecular complexity index is 392. The van der Waals surface area contributed by atoms with Crippen LogP contribution < -0.4 is 0 Å². The van der Waals surface area contributed by atoms with Gasteiger partial charge in [0.05, 0.1) is 4.92 Å². The Morgan fingerprint density at radius 2 is 2.13 bits per heavy atom. The van der Waals surface area contributed by atoms with Crippen molar-refractivity contribution < 1.29 is 14.1 Å². The van der Waals surface area contributed by atoms with Crippen LogP contribution in [-0.2, 0) is 4.74 Å². The van der Waals surface area contributed by atoms with Crippen LogP contribution in [0.3, 0.4) is 0 Å². The summed E-state index contributed by atoms with van der Waals surface area (Å²) in [4.78, 5) is 10.4. The summed E-state index contributed by atoms with van der Waals surface area (Å²) in [6.07, 6.45) is -0.236. The minimum absolute atomic E-state index is 0.308. The molecule has 1 heterocycles. The monoisotopic (exact) mass is 211 g/mol. The van der Waals surface area contributed by atoms with E-state index >= 15 is 0 Å². The number of rotatable bonds is 3. The number of epoxide rings is 1. The van der Waals surface area contributed by atoms with Gasteiger partial charge in [0.1, 0.15) is 5.82 Å². The van der Waals surface area contributed by atoms with E-state index in [0.717, 1.165) is 0 Å². The van der Waals surface area contributed by atoms with Crippen LogP contribution in [-0.4, -0.2) is 10.6 Å². The molecule has 0 saturated carbocycles. The van der Waals surface area contributed by atoms with Crippen LogP contribution in [0.2, 0.25) is 0 Å². The maximum absolute atomic E-state index is 12.6. The second-order valence-electron chi connectivity index (χ2n) is 3.50. The Balaban J connectivity index is 2.22. The summed E-state index contributed by atoms with van der Waals surface area (Å²) in [7, 11) is 0. The highest BCUT2D eigenvalue weighted by Gasteiger charge is 2.68. The molecule has 0 radical (unpaired) electrons. The predicted molar refractivity (Wildman–Crippen MR) is 50.2 cm³/mol. The summed E-state index contributed by atoms with van der Waals surface area (Å²) in [5.74, 6) is -0.359. The van der Waals surface area contributed by atoms with E-state index < -0.39 is 16.8 Å². The van der Waals surface area contributed by atoms with Gasteiger partial charge in [0.2, 0.25) is 0 Å². The van der Waals surface area contributed by atoms with Crippen molar-refractivity contribution in [1.82, 2.24) is 0 Å². The Morgan fingerprint density at radius 1 is 1.53 bits per heavy atom. The van der Waals surface area contributed by atoms with Crippen LogP contribution in [0, 0.1) is 15.9 Å². The number of hydrogen-bond donors (Lipinski definition) is 0. The van der Waals surface area contributed by atoms with Gasteiger partial charge in [-0.05, 0) is 17.7 Å². The molecule has 1 aliphatic heterocycles. The van der Waals surface area contributed by atoms with Crippen molar-refractivity contribution in [3.05, 3.63) is 45.8 Å². The van der Waals surface area contributed by atoms with Crippen molar-refractivity contribution in [3.63, 3.8) is 0 Å². The highest BCUT2D eigenvalue weighted by Crippen LogP contribution is 2.51. The standard InChI is InChI=1S/C10H10FNO3/c1-2-10(12(13)14)9(15-10)7-3-5-8(11)6-4-7/h3-6,9H,2H2,1H3. The molecule has 1 aromatic rings. The zero-order valence-electron chi connectivity index (χ0n) is 8.14. The number of ether oxygens (including phenoxy) is 1. The van der Waals surface area contributed by atoms with Crippen LogP contribution in [0.4, 0.5) is 4.39 Å². The minimum atomic E-state index is -1.29. The molecular formula is C10H10FNO3. The van der Waals surface area contributed by atoms with Gasteiger partial charge in [-0.3, -0.25) is 14.9 Å². The van der Waals surface area contributed by atoms with Gasteiger partial charge in [-0.25, -0.2) is 4.39 Å². The molecule has 1 saturated heterocycles. The second kappa shape index (κ2) is 3.27. The molecule has 1 aromatic carbocycles. The normalized spacial score (nSPS) is 28.8. The van der Waals surface area contributed by atoms with Crippen molar-refractivity contribution in [2.24, 2.45) is 0 Å².